The van der Waals surface area contributed by atoms with Gasteiger partial charge in [-0.1, -0.05) is 0 Å². The van der Waals surface area contributed by atoms with E-state index in [2.05, 4.69) is 5.32 Å². The molecular formula is C9H17NO2. The summed E-state index contributed by atoms with van der Waals surface area (Å²) in [5.74, 6) is -0.0793. The monoisotopic (exact) mass is 171 g/mol. The van der Waals surface area contributed by atoms with Gasteiger partial charge in [0.2, 0.25) is 0 Å². The van der Waals surface area contributed by atoms with Gasteiger partial charge in [0, 0.05) is 6.04 Å². The lowest BCUT2D eigenvalue weighted by Gasteiger charge is -2.11. The Hall–Kier alpha value is -0.570. The lowest BCUT2D eigenvalue weighted by atomic mass is 10.2. The molecule has 0 spiro atoms. The first kappa shape index (κ1) is 9.52. The van der Waals surface area contributed by atoms with Crippen LogP contribution in [0.25, 0.3) is 0 Å². The van der Waals surface area contributed by atoms with Crippen molar-refractivity contribution in [3.05, 3.63) is 0 Å². The zero-order valence-corrected chi connectivity index (χ0v) is 7.80. The van der Waals surface area contributed by atoms with Crippen molar-refractivity contribution < 1.29 is 9.53 Å². The fourth-order valence-corrected chi connectivity index (χ4v) is 1.44. The molecule has 0 aromatic carbocycles. The van der Waals surface area contributed by atoms with Crippen molar-refractivity contribution in [2.24, 2.45) is 0 Å². The largest absolute Gasteiger partial charge is 0.463 e. The summed E-state index contributed by atoms with van der Waals surface area (Å²) >= 11 is 0. The molecule has 3 heteroatoms. The van der Waals surface area contributed by atoms with Crippen molar-refractivity contribution in [1.29, 1.82) is 0 Å². The Balaban J connectivity index is 2.16. The molecule has 3 nitrogen and oxygen atoms in total. The third kappa shape index (κ3) is 3.22. The first-order valence-corrected chi connectivity index (χ1v) is 4.61. The van der Waals surface area contributed by atoms with Gasteiger partial charge in [0.05, 0.1) is 12.5 Å². The molecular weight excluding hydrogens is 154 g/mol. The normalized spacial score (nSPS) is 23.1. The van der Waals surface area contributed by atoms with E-state index in [1.165, 1.54) is 6.42 Å². The summed E-state index contributed by atoms with van der Waals surface area (Å²) < 4.78 is 5.03. The van der Waals surface area contributed by atoms with Crippen LogP contribution in [0.4, 0.5) is 0 Å². The Kier molecular flexibility index (Phi) is 3.53. The van der Waals surface area contributed by atoms with Crippen molar-refractivity contribution in [3.8, 4) is 0 Å². The van der Waals surface area contributed by atoms with Crippen LogP contribution in [0.5, 0.6) is 0 Å². The third-order valence-corrected chi connectivity index (χ3v) is 1.94. The van der Waals surface area contributed by atoms with Crippen molar-refractivity contribution >= 4 is 5.97 Å². The van der Waals surface area contributed by atoms with E-state index < -0.39 is 0 Å². The second-order valence-electron chi connectivity index (χ2n) is 3.54. The van der Waals surface area contributed by atoms with Crippen LogP contribution in [0.1, 0.15) is 33.1 Å². The number of esters is 1. The molecule has 1 aliphatic heterocycles. The maximum atomic E-state index is 11.1. The summed E-state index contributed by atoms with van der Waals surface area (Å²) in [5.41, 5.74) is 0. The molecule has 0 radical (unpaired) electrons. The molecule has 0 bridgehead atoms. The quantitative estimate of drug-likeness (QED) is 0.646. The molecule has 1 saturated heterocycles. The lowest BCUT2D eigenvalue weighted by Crippen LogP contribution is -2.26. The second kappa shape index (κ2) is 4.45. The van der Waals surface area contributed by atoms with E-state index in [0.29, 0.717) is 12.5 Å². The van der Waals surface area contributed by atoms with Gasteiger partial charge in [0.15, 0.2) is 0 Å². The van der Waals surface area contributed by atoms with E-state index in [0.717, 1.165) is 13.0 Å². The highest BCUT2D eigenvalue weighted by molar-refractivity contribution is 5.70. The van der Waals surface area contributed by atoms with Crippen LogP contribution in [0.2, 0.25) is 0 Å². The molecule has 1 rings (SSSR count). The second-order valence-corrected chi connectivity index (χ2v) is 3.54. The predicted octanol–water partition coefficient (Wildman–Crippen LogP) is 1.08. The molecule has 0 unspecified atom stereocenters. The van der Waals surface area contributed by atoms with Gasteiger partial charge in [0.1, 0.15) is 0 Å². The minimum atomic E-state index is -0.0793. The Morgan fingerprint density at radius 3 is 2.92 bits per heavy atom. The van der Waals surface area contributed by atoms with Crippen LogP contribution in [0.3, 0.4) is 0 Å². The van der Waals surface area contributed by atoms with Gasteiger partial charge in [-0.05, 0) is 33.2 Å². The molecule has 1 aliphatic rings. The summed E-state index contributed by atoms with van der Waals surface area (Å²) in [6.45, 7) is 4.79. The van der Waals surface area contributed by atoms with Gasteiger partial charge in [-0.25, -0.2) is 0 Å². The van der Waals surface area contributed by atoms with E-state index in [1.807, 2.05) is 13.8 Å². The molecule has 0 aliphatic carbocycles. The summed E-state index contributed by atoms with van der Waals surface area (Å²) in [7, 11) is 0. The Bertz CT molecular complexity index is 151. The van der Waals surface area contributed by atoms with Crippen LogP contribution >= 0.6 is 0 Å². The first-order chi connectivity index (χ1) is 5.68. The maximum absolute atomic E-state index is 11.1. The Labute approximate surface area is 73.5 Å². The fourth-order valence-electron chi connectivity index (χ4n) is 1.44. The van der Waals surface area contributed by atoms with Crippen molar-refractivity contribution in [1.82, 2.24) is 5.32 Å². The summed E-state index contributed by atoms with van der Waals surface area (Å²) in [5, 5.41) is 3.26. The number of nitrogens with one attached hydrogen (secondary N) is 1. The number of ether oxygens (including phenoxy) is 1. The lowest BCUT2D eigenvalue weighted by molar-refractivity contribution is -0.147. The van der Waals surface area contributed by atoms with E-state index in [-0.39, 0.29) is 12.1 Å². The Morgan fingerprint density at radius 2 is 2.42 bits per heavy atom. The topological polar surface area (TPSA) is 38.3 Å². The Morgan fingerprint density at radius 1 is 1.67 bits per heavy atom. The summed E-state index contributed by atoms with van der Waals surface area (Å²) in [4.78, 5) is 11.1. The number of carbonyl (C=O) groups is 1. The highest BCUT2D eigenvalue weighted by Crippen LogP contribution is 2.09. The minimum absolute atomic E-state index is 0.0129. The zero-order valence-electron chi connectivity index (χ0n) is 7.80. The van der Waals surface area contributed by atoms with Gasteiger partial charge < -0.3 is 10.1 Å². The van der Waals surface area contributed by atoms with Gasteiger partial charge in [0.25, 0.3) is 0 Å². The highest BCUT2D eigenvalue weighted by Gasteiger charge is 2.18. The van der Waals surface area contributed by atoms with Gasteiger partial charge in [-0.2, -0.15) is 0 Å². The number of hydrogen-bond donors (Lipinski definition) is 1. The molecule has 1 N–H and O–H groups in total. The van der Waals surface area contributed by atoms with Crippen LogP contribution in [0.15, 0.2) is 0 Å². The zero-order chi connectivity index (χ0) is 8.97. The molecule has 0 amide bonds. The fraction of sp³-hybridized carbons (Fsp3) is 0.889. The number of carbonyl (C=O) groups excluding carboxylic acids is 1. The minimum Gasteiger partial charge on any atom is -0.463 e. The average molecular weight is 171 g/mol. The van der Waals surface area contributed by atoms with Crippen LogP contribution in [-0.2, 0) is 9.53 Å². The van der Waals surface area contributed by atoms with Crippen LogP contribution in [0, 0.1) is 0 Å². The smallest absolute Gasteiger partial charge is 0.307 e. The SMILES string of the molecule is CC(C)OC(=O)C[C@H]1CCCN1. The highest BCUT2D eigenvalue weighted by atomic mass is 16.5. The molecule has 1 heterocycles. The molecule has 0 aromatic rings. The first-order valence-electron chi connectivity index (χ1n) is 4.61. The van der Waals surface area contributed by atoms with E-state index >= 15 is 0 Å². The molecule has 1 fully saturated rings. The standard InChI is InChI=1S/C9H17NO2/c1-7(2)12-9(11)6-8-4-3-5-10-8/h7-8,10H,3-6H2,1-2H3/t8-/m1/s1. The maximum Gasteiger partial charge on any atom is 0.307 e. The summed E-state index contributed by atoms with van der Waals surface area (Å²) in [6.07, 6.45) is 2.82. The van der Waals surface area contributed by atoms with Crippen molar-refractivity contribution in [2.75, 3.05) is 6.54 Å². The number of hydrogen-bond acceptors (Lipinski definition) is 3. The molecule has 70 valence electrons. The van der Waals surface area contributed by atoms with Crippen LogP contribution in [-0.4, -0.2) is 24.7 Å². The predicted molar refractivity (Wildman–Crippen MR) is 46.9 cm³/mol. The third-order valence-electron chi connectivity index (χ3n) is 1.94. The summed E-state index contributed by atoms with van der Waals surface area (Å²) in [6, 6.07) is 0.358. The van der Waals surface area contributed by atoms with Crippen molar-refractivity contribution in [3.63, 3.8) is 0 Å². The van der Waals surface area contributed by atoms with Crippen LogP contribution < -0.4 is 5.32 Å². The van der Waals surface area contributed by atoms with E-state index in [4.69, 9.17) is 4.74 Å². The van der Waals surface area contributed by atoms with Gasteiger partial charge in [-0.3, -0.25) is 4.79 Å². The van der Waals surface area contributed by atoms with E-state index in [9.17, 15) is 4.79 Å². The number of rotatable bonds is 3. The van der Waals surface area contributed by atoms with E-state index in [1.54, 1.807) is 0 Å². The molecule has 1 atom stereocenters. The molecule has 0 aromatic heterocycles. The van der Waals surface area contributed by atoms with Crippen molar-refractivity contribution in [2.45, 2.75) is 45.3 Å². The van der Waals surface area contributed by atoms with Gasteiger partial charge >= 0.3 is 5.97 Å². The average Bonchev–Trinajstić information content (AvgIpc) is 2.37. The molecule has 0 saturated carbocycles. The molecule has 12 heavy (non-hydrogen) atoms. The van der Waals surface area contributed by atoms with Gasteiger partial charge in [-0.15, -0.1) is 0 Å².